The third-order valence-corrected chi connectivity index (χ3v) is 5.48. The third-order valence-electron chi connectivity index (χ3n) is 5.48. The number of hydrogen-bond donors (Lipinski definition) is 1. The predicted octanol–water partition coefficient (Wildman–Crippen LogP) is 2.81. The highest BCUT2D eigenvalue weighted by atomic mass is 16.5. The number of aliphatic hydroxyl groups is 1. The van der Waals surface area contributed by atoms with Crippen LogP contribution in [0.25, 0.3) is 11.3 Å². The van der Waals surface area contributed by atoms with Gasteiger partial charge in [-0.05, 0) is 36.4 Å². The van der Waals surface area contributed by atoms with Crippen LogP contribution in [-0.4, -0.2) is 49.4 Å². The van der Waals surface area contributed by atoms with Gasteiger partial charge in [0.15, 0.2) is 5.76 Å². The summed E-state index contributed by atoms with van der Waals surface area (Å²) in [5, 5.41) is 13.2. The maximum atomic E-state index is 9.11. The van der Waals surface area contributed by atoms with Crippen LogP contribution < -0.4 is 0 Å². The van der Waals surface area contributed by atoms with E-state index in [1.165, 1.54) is 0 Å². The molecule has 1 aliphatic rings. The smallest absolute Gasteiger partial charge is 0.167 e. The monoisotopic (exact) mass is 425 g/mol. The summed E-state index contributed by atoms with van der Waals surface area (Å²) in [6.45, 7) is 3.59. The number of likely N-dealkylation sites (tertiary alicyclic amines) is 1. The zero-order valence-corrected chi connectivity index (χ0v) is 17.6. The molecule has 1 saturated heterocycles. The van der Waals surface area contributed by atoms with Gasteiger partial charge in [-0.3, -0.25) is 9.88 Å². The highest BCUT2D eigenvalue weighted by molar-refractivity contribution is 5.59. The fraction of sp³-hybridized carbons (Fsp3) is 0.240. The number of hydrogen-bond acceptors (Lipinski definition) is 6. The van der Waals surface area contributed by atoms with Crippen LogP contribution in [0.3, 0.4) is 0 Å². The maximum absolute atomic E-state index is 9.11. The molecule has 0 saturated carbocycles. The maximum Gasteiger partial charge on any atom is 0.167 e. The van der Waals surface area contributed by atoms with Gasteiger partial charge in [-0.1, -0.05) is 17.0 Å². The van der Waals surface area contributed by atoms with E-state index in [9.17, 15) is 0 Å². The van der Waals surface area contributed by atoms with E-state index in [0.717, 1.165) is 53.5 Å². The van der Waals surface area contributed by atoms with Gasteiger partial charge in [0.05, 0.1) is 18.6 Å². The van der Waals surface area contributed by atoms with Gasteiger partial charge < -0.3 is 14.2 Å². The van der Waals surface area contributed by atoms with Gasteiger partial charge in [0, 0.05) is 73.5 Å². The molecular formula is C25H23N5O2. The van der Waals surface area contributed by atoms with E-state index in [2.05, 4.69) is 31.9 Å². The largest absolute Gasteiger partial charge is 0.396 e. The minimum Gasteiger partial charge on any atom is -0.396 e. The molecule has 1 N–H and O–H groups in total. The molecule has 0 unspecified atom stereocenters. The van der Waals surface area contributed by atoms with Crippen molar-refractivity contribution < 1.29 is 9.63 Å². The summed E-state index contributed by atoms with van der Waals surface area (Å²) in [6, 6.07) is 13.9. The number of aliphatic hydroxyl groups excluding tert-OH is 1. The van der Waals surface area contributed by atoms with Crippen LogP contribution >= 0.6 is 0 Å². The van der Waals surface area contributed by atoms with E-state index in [-0.39, 0.29) is 6.61 Å². The average Bonchev–Trinajstić information content (AvgIpc) is 3.48. The standard InChI is InChI=1S/C25H23N5O2/c31-17-21-13-30(14-21)15-23-8-5-20(12-27-23)2-1-19-3-6-22(7-4-19)25-11-24(28-32-25)16-29-10-9-26-18-29/h3-12,18,21,31H,13-17H2. The predicted molar refractivity (Wildman–Crippen MR) is 119 cm³/mol. The van der Waals surface area contributed by atoms with E-state index in [1.54, 1.807) is 12.5 Å². The Morgan fingerprint density at radius 3 is 2.53 bits per heavy atom. The van der Waals surface area contributed by atoms with Crippen LogP contribution in [0.1, 0.15) is 22.5 Å². The molecule has 7 nitrogen and oxygen atoms in total. The number of aromatic nitrogens is 4. The Morgan fingerprint density at radius 2 is 1.81 bits per heavy atom. The van der Waals surface area contributed by atoms with Gasteiger partial charge in [0.1, 0.15) is 5.69 Å². The summed E-state index contributed by atoms with van der Waals surface area (Å²) in [5.41, 5.74) is 4.64. The molecule has 0 aliphatic carbocycles. The van der Waals surface area contributed by atoms with Crippen molar-refractivity contribution in [1.82, 2.24) is 24.6 Å². The Balaban J connectivity index is 1.19. The van der Waals surface area contributed by atoms with Crippen LogP contribution in [0.4, 0.5) is 0 Å². The normalized spacial score (nSPS) is 14.0. The third kappa shape index (κ3) is 4.78. The van der Waals surface area contributed by atoms with E-state index in [0.29, 0.717) is 12.5 Å². The Labute approximate surface area is 186 Å². The van der Waals surface area contributed by atoms with Crippen molar-refractivity contribution in [1.29, 1.82) is 0 Å². The van der Waals surface area contributed by atoms with Crippen molar-refractivity contribution in [3.8, 4) is 23.2 Å². The zero-order valence-electron chi connectivity index (χ0n) is 17.6. The van der Waals surface area contributed by atoms with E-state index in [4.69, 9.17) is 9.63 Å². The molecule has 160 valence electrons. The van der Waals surface area contributed by atoms with Crippen molar-refractivity contribution in [3.63, 3.8) is 0 Å². The first kappa shape index (κ1) is 20.2. The minimum absolute atomic E-state index is 0.269. The molecular weight excluding hydrogens is 402 g/mol. The van der Waals surface area contributed by atoms with Gasteiger partial charge in [0.25, 0.3) is 0 Å². The molecule has 4 aromatic rings. The SMILES string of the molecule is OCC1CN(Cc2ccc(C#Cc3ccc(-c4cc(Cn5ccnc5)no4)cc3)cn2)C1. The quantitative estimate of drug-likeness (QED) is 0.479. The van der Waals surface area contributed by atoms with Gasteiger partial charge in [-0.15, -0.1) is 0 Å². The van der Waals surface area contributed by atoms with Crippen molar-refractivity contribution in [2.75, 3.05) is 19.7 Å². The lowest BCUT2D eigenvalue weighted by atomic mass is 10.0. The number of nitrogens with zero attached hydrogens (tertiary/aromatic N) is 5. The van der Waals surface area contributed by atoms with E-state index < -0.39 is 0 Å². The number of imidazole rings is 1. The summed E-state index contributed by atoms with van der Waals surface area (Å²) in [7, 11) is 0. The number of benzene rings is 1. The molecule has 1 fully saturated rings. The number of pyridine rings is 1. The molecule has 5 rings (SSSR count). The van der Waals surface area contributed by atoms with Crippen molar-refractivity contribution in [3.05, 3.63) is 89.9 Å². The molecule has 0 bridgehead atoms. The van der Waals surface area contributed by atoms with Gasteiger partial charge in [0.2, 0.25) is 0 Å². The Kier molecular flexibility index (Phi) is 5.79. The Morgan fingerprint density at radius 1 is 1.00 bits per heavy atom. The first-order valence-electron chi connectivity index (χ1n) is 10.6. The van der Waals surface area contributed by atoms with Gasteiger partial charge in [-0.2, -0.15) is 0 Å². The fourth-order valence-corrected chi connectivity index (χ4v) is 3.69. The molecule has 3 aromatic heterocycles. The summed E-state index contributed by atoms with van der Waals surface area (Å²) >= 11 is 0. The fourth-order valence-electron chi connectivity index (χ4n) is 3.69. The molecule has 7 heteroatoms. The molecule has 0 spiro atoms. The van der Waals surface area contributed by atoms with Crippen LogP contribution in [0.5, 0.6) is 0 Å². The van der Waals surface area contributed by atoms with Crippen LogP contribution in [0, 0.1) is 17.8 Å². The second kappa shape index (κ2) is 9.18. The zero-order chi connectivity index (χ0) is 21.8. The van der Waals surface area contributed by atoms with Gasteiger partial charge in [-0.25, -0.2) is 4.98 Å². The summed E-state index contributed by atoms with van der Waals surface area (Å²) < 4.78 is 7.43. The van der Waals surface area contributed by atoms with Crippen molar-refractivity contribution in [2.24, 2.45) is 5.92 Å². The molecule has 32 heavy (non-hydrogen) atoms. The number of rotatable bonds is 6. The highest BCUT2D eigenvalue weighted by Crippen LogP contribution is 2.21. The first-order valence-corrected chi connectivity index (χ1v) is 10.6. The second-order valence-electron chi connectivity index (χ2n) is 8.03. The summed E-state index contributed by atoms with van der Waals surface area (Å²) in [4.78, 5) is 10.8. The van der Waals surface area contributed by atoms with Crippen molar-refractivity contribution in [2.45, 2.75) is 13.1 Å². The highest BCUT2D eigenvalue weighted by Gasteiger charge is 2.25. The summed E-state index contributed by atoms with van der Waals surface area (Å²) in [6.07, 6.45) is 7.21. The molecule has 4 heterocycles. The molecule has 1 aromatic carbocycles. The van der Waals surface area contributed by atoms with Crippen LogP contribution in [0.2, 0.25) is 0 Å². The van der Waals surface area contributed by atoms with Gasteiger partial charge >= 0.3 is 0 Å². The lowest BCUT2D eigenvalue weighted by molar-refractivity contribution is 0.0470. The second-order valence-corrected chi connectivity index (χ2v) is 8.03. The topological polar surface area (TPSA) is 80.2 Å². The van der Waals surface area contributed by atoms with E-state index >= 15 is 0 Å². The molecule has 0 atom stereocenters. The van der Waals surface area contributed by atoms with Crippen LogP contribution in [-0.2, 0) is 13.1 Å². The summed E-state index contributed by atoms with van der Waals surface area (Å²) in [5.74, 6) is 7.50. The Hall–Kier alpha value is -3.73. The molecule has 0 radical (unpaired) electrons. The lowest BCUT2D eigenvalue weighted by Gasteiger charge is -2.37. The molecule has 0 amide bonds. The lowest BCUT2D eigenvalue weighted by Crippen LogP contribution is -2.47. The van der Waals surface area contributed by atoms with E-state index in [1.807, 2.05) is 59.4 Å². The average molecular weight is 425 g/mol. The minimum atomic E-state index is 0.269. The Bertz CT molecular complexity index is 1210. The molecule has 1 aliphatic heterocycles. The van der Waals surface area contributed by atoms with Crippen LogP contribution in [0.15, 0.2) is 71.9 Å². The first-order chi connectivity index (χ1) is 15.7. The van der Waals surface area contributed by atoms with Crippen molar-refractivity contribution >= 4 is 0 Å².